The molecule has 0 aromatic carbocycles. The first kappa shape index (κ1) is 11.6. The van der Waals surface area contributed by atoms with Gasteiger partial charge in [-0.2, -0.15) is 11.8 Å². The summed E-state index contributed by atoms with van der Waals surface area (Å²) in [6.45, 7) is 1.78. The largest absolute Gasteiger partial charge is 0.335 e. The maximum atomic E-state index is 5.52. The molecule has 2 N–H and O–H groups in total. The molecule has 1 aromatic rings. The quantitative estimate of drug-likeness (QED) is 0.699. The third-order valence-corrected chi connectivity index (χ3v) is 2.89. The van der Waals surface area contributed by atoms with Gasteiger partial charge in [0.2, 0.25) is 0 Å². The van der Waals surface area contributed by atoms with Gasteiger partial charge in [-0.25, -0.2) is 4.98 Å². The van der Waals surface area contributed by atoms with Crippen molar-refractivity contribution in [1.82, 2.24) is 9.55 Å². The van der Waals surface area contributed by atoms with E-state index in [2.05, 4.69) is 15.8 Å². The zero-order chi connectivity index (χ0) is 10.2. The van der Waals surface area contributed by atoms with Gasteiger partial charge < -0.3 is 10.3 Å². The Morgan fingerprint density at radius 1 is 1.50 bits per heavy atom. The van der Waals surface area contributed by atoms with E-state index >= 15 is 0 Å². The van der Waals surface area contributed by atoms with E-state index in [1.54, 1.807) is 0 Å². The van der Waals surface area contributed by atoms with Gasteiger partial charge in [0.05, 0.1) is 6.33 Å². The summed E-state index contributed by atoms with van der Waals surface area (Å²) >= 11 is 1.91. The Hall–Kier alpha value is -0.480. The first-order chi connectivity index (χ1) is 6.88. The zero-order valence-corrected chi connectivity index (χ0v) is 9.59. The van der Waals surface area contributed by atoms with Crippen molar-refractivity contribution < 1.29 is 0 Å². The Morgan fingerprint density at radius 2 is 2.36 bits per heavy atom. The van der Waals surface area contributed by atoms with Gasteiger partial charge >= 0.3 is 0 Å². The van der Waals surface area contributed by atoms with Crippen LogP contribution in [-0.2, 0) is 13.0 Å². The van der Waals surface area contributed by atoms with Crippen molar-refractivity contribution in [3.05, 3.63) is 18.2 Å². The predicted molar refractivity (Wildman–Crippen MR) is 62.6 cm³/mol. The van der Waals surface area contributed by atoms with Crippen LogP contribution in [0, 0.1) is 0 Å². The van der Waals surface area contributed by atoms with E-state index in [4.69, 9.17) is 5.73 Å². The van der Waals surface area contributed by atoms with Crippen molar-refractivity contribution in [1.29, 1.82) is 0 Å². The van der Waals surface area contributed by atoms with E-state index < -0.39 is 0 Å². The summed E-state index contributed by atoms with van der Waals surface area (Å²) in [5.41, 5.74) is 6.78. The van der Waals surface area contributed by atoms with E-state index in [0.717, 1.165) is 13.0 Å². The number of thioether (sulfide) groups is 1. The van der Waals surface area contributed by atoms with Crippen LogP contribution in [-0.4, -0.2) is 28.1 Å². The molecular weight excluding hydrogens is 194 g/mol. The lowest BCUT2D eigenvalue weighted by atomic mass is 10.3. The monoisotopic (exact) mass is 213 g/mol. The molecular formula is C10H19N3S. The van der Waals surface area contributed by atoms with Crippen molar-refractivity contribution >= 4 is 11.8 Å². The number of hydrogen-bond donors (Lipinski definition) is 1. The second-order valence-corrected chi connectivity index (χ2v) is 4.30. The molecule has 0 unspecified atom stereocenters. The van der Waals surface area contributed by atoms with Crippen molar-refractivity contribution in [2.24, 2.45) is 5.73 Å². The number of aryl methyl sites for hydroxylation is 1. The zero-order valence-electron chi connectivity index (χ0n) is 8.78. The second kappa shape index (κ2) is 6.90. The molecule has 0 aliphatic carbocycles. The second-order valence-electron chi connectivity index (χ2n) is 3.32. The van der Waals surface area contributed by atoms with Gasteiger partial charge in [0, 0.05) is 24.9 Å². The highest BCUT2D eigenvalue weighted by molar-refractivity contribution is 7.98. The van der Waals surface area contributed by atoms with E-state index in [1.807, 2.05) is 24.3 Å². The van der Waals surface area contributed by atoms with Crippen LogP contribution < -0.4 is 5.73 Å². The third-order valence-electron chi connectivity index (χ3n) is 2.20. The first-order valence-electron chi connectivity index (χ1n) is 5.06. The molecule has 0 aliphatic heterocycles. The minimum Gasteiger partial charge on any atom is -0.335 e. The first-order valence-corrected chi connectivity index (χ1v) is 6.46. The lowest BCUT2D eigenvalue weighted by Crippen LogP contribution is -2.08. The van der Waals surface area contributed by atoms with Crippen LogP contribution in [0.4, 0.5) is 0 Å². The topological polar surface area (TPSA) is 43.8 Å². The molecule has 0 atom stereocenters. The molecule has 3 nitrogen and oxygen atoms in total. The summed E-state index contributed by atoms with van der Waals surface area (Å²) < 4.78 is 2.22. The van der Waals surface area contributed by atoms with Gasteiger partial charge in [-0.1, -0.05) is 0 Å². The fraction of sp³-hybridized carbons (Fsp3) is 0.700. The minimum absolute atomic E-state index is 0.705. The molecule has 0 amide bonds. The van der Waals surface area contributed by atoms with Gasteiger partial charge in [0.15, 0.2) is 0 Å². The lowest BCUT2D eigenvalue weighted by molar-refractivity contribution is 0.610. The number of unbranched alkanes of at least 4 members (excludes halogenated alkanes) is 1. The number of hydrogen-bond acceptors (Lipinski definition) is 3. The molecule has 80 valence electrons. The molecule has 0 saturated carbocycles. The maximum absolute atomic E-state index is 5.52. The Morgan fingerprint density at radius 3 is 3.07 bits per heavy atom. The molecule has 0 spiro atoms. The van der Waals surface area contributed by atoms with Gasteiger partial charge in [0.25, 0.3) is 0 Å². The lowest BCUT2D eigenvalue weighted by Gasteiger charge is -2.06. The highest BCUT2D eigenvalue weighted by atomic mass is 32.2. The standard InChI is InChI=1S/C10H19N3S/c1-14-7-3-2-6-13-9-12-8-10(13)4-5-11/h8-9H,2-7,11H2,1H3. The molecule has 0 saturated heterocycles. The molecule has 0 bridgehead atoms. The highest BCUT2D eigenvalue weighted by Crippen LogP contribution is 2.05. The average Bonchev–Trinajstić information content (AvgIpc) is 2.61. The third kappa shape index (κ3) is 3.72. The fourth-order valence-corrected chi connectivity index (χ4v) is 1.93. The summed E-state index contributed by atoms with van der Waals surface area (Å²) in [4.78, 5) is 4.14. The molecule has 0 fully saturated rings. The van der Waals surface area contributed by atoms with E-state index in [1.165, 1.54) is 24.3 Å². The summed E-state index contributed by atoms with van der Waals surface area (Å²) in [6.07, 6.45) is 9.42. The molecule has 1 aromatic heterocycles. The number of imidazole rings is 1. The molecule has 0 radical (unpaired) electrons. The van der Waals surface area contributed by atoms with Gasteiger partial charge in [-0.05, 0) is 31.4 Å². The van der Waals surface area contributed by atoms with Crippen molar-refractivity contribution in [2.45, 2.75) is 25.8 Å². The minimum atomic E-state index is 0.705. The smallest absolute Gasteiger partial charge is 0.0948 e. The van der Waals surface area contributed by atoms with Crippen molar-refractivity contribution in [3.63, 3.8) is 0 Å². The predicted octanol–water partition coefficient (Wildman–Crippen LogP) is 1.53. The Balaban J connectivity index is 2.30. The van der Waals surface area contributed by atoms with Gasteiger partial charge in [-0.15, -0.1) is 0 Å². The van der Waals surface area contributed by atoms with Crippen LogP contribution in [0.5, 0.6) is 0 Å². The van der Waals surface area contributed by atoms with Crippen LogP contribution in [0.3, 0.4) is 0 Å². The van der Waals surface area contributed by atoms with Crippen LogP contribution in [0.1, 0.15) is 18.5 Å². The number of aromatic nitrogens is 2. The Kier molecular flexibility index (Phi) is 5.71. The average molecular weight is 213 g/mol. The highest BCUT2D eigenvalue weighted by Gasteiger charge is 1.99. The van der Waals surface area contributed by atoms with Crippen LogP contribution in [0.25, 0.3) is 0 Å². The Labute approximate surface area is 90.1 Å². The number of nitrogens with two attached hydrogens (primary N) is 1. The fourth-order valence-electron chi connectivity index (χ4n) is 1.43. The number of nitrogens with zero attached hydrogens (tertiary/aromatic N) is 2. The van der Waals surface area contributed by atoms with E-state index in [-0.39, 0.29) is 0 Å². The maximum Gasteiger partial charge on any atom is 0.0948 e. The van der Waals surface area contributed by atoms with E-state index in [0.29, 0.717) is 6.54 Å². The summed E-state index contributed by atoms with van der Waals surface area (Å²) in [6, 6.07) is 0. The molecule has 14 heavy (non-hydrogen) atoms. The molecule has 4 heteroatoms. The van der Waals surface area contributed by atoms with Crippen LogP contribution >= 0.6 is 11.8 Å². The van der Waals surface area contributed by atoms with Crippen molar-refractivity contribution in [3.8, 4) is 0 Å². The summed E-state index contributed by atoms with van der Waals surface area (Å²) in [7, 11) is 0. The summed E-state index contributed by atoms with van der Waals surface area (Å²) in [5.74, 6) is 1.25. The molecule has 1 heterocycles. The normalized spacial score (nSPS) is 10.7. The van der Waals surface area contributed by atoms with Gasteiger partial charge in [-0.3, -0.25) is 0 Å². The van der Waals surface area contributed by atoms with Crippen LogP contribution in [0.2, 0.25) is 0 Å². The van der Waals surface area contributed by atoms with Crippen molar-refractivity contribution in [2.75, 3.05) is 18.6 Å². The van der Waals surface area contributed by atoms with Gasteiger partial charge in [0.1, 0.15) is 0 Å². The number of rotatable bonds is 7. The van der Waals surface area contributed by atoms with E-state index in [9.17, 15) is 0 Å². The molecule has 1 rings (SSSR count). The Bertz CT molecular complexity index is 247. The molecule has 0 aliphatic rings. The SMILES string of the molecule is CSCCCCn1cncc1CCN. The summed E-state index contributed by atoms with van der Waals surface area (Å²) in [5, 5.41) is 0. The van der Waals surface area contributed by atoms with Crippen LogP contribution in [0.15, 0.2) is 12.5 Å².